The number of ketones is 1. The summed E-state index contributed by atoms with van der Waals surface area (Å²) in [6.45, 7) is 2.97. The molecule has 0 radical (unpaired) electrons. The molecule has 0 fully saturated rings. The number of carbonyl (C=O) groups excluding carboxylic acids is 1. The number of Topliss-reactive ketones (excluding diaryl/α,β-unsaturated/α-hetero) is 1. The van der Waals surface area contributed by atoms with Crippen molar-refractivity contribution in [1.82, 2.24) is 19.7 Å². The molecule has 0 bridgehead atoms. The fourth-order valence-corrected chi connectivity index (χ4v) is 3.61. The van der Waals surface area contributed by atoms with Crippen molar-refractivity contribution < 1.29 is 9.53 Å². The molecule has 8 heteroatoms. The molecule has 0 saturated heterocycles. The van der Waals surface area contributed by atoms with Gasteiger partial charge < -0.3 is 4.74 Å². The number of pyridine rings is 1. The Hall–Kier alpha value is -2.22. The summed E-state index contributed by atoms with van der Waals surface area (Å²) >= 11 is 7.28. The van der Waals surface area contributed by atoms with Crippen LogP contribution in [-0.4, -0.2) is 44.5 Å². The molecule has 140 valence electrons. The number of rotatable bonds is 8. The van der Waals surface area contributed by atoms with Crippen molar-refractivity contribution in [2.45, 2.75) is 23.9 Å². The molecule has 2 aromatic heterocycles. The average molecular weight is 403 g/mol. The summed E-state index contributed by atoms with van der Waals surface area (Å²) in [4.78, 5) is 16.7. The lowest BCUT2D eigenvalue weighted by Gasteiger charge is -2.13. The number of carbonyl (C=O) groups is 1. The minimum Gasteiger partial charge on any atom is -0.383 e. The van der Waals surface area contributed by atoms with Crippen LogP contribution in [0.4, 0.5) is 0 Å². The smallest absolute Gasteiger partial charge is 0.192 e. The molecular formula is C19H19ClN4O2S. The quantitative estimate of drug-likeness (QED) is 0.419. The molecule has 3 aromatic rings. The van der Waals surface area contributed by atoms with E-state index in [4.69, 9.17) is 16.3 Å². The summed E-state index contributed by atoms with van der Waals surface area (Å²) in [6, 6.07) is 10.7. The van der Waals surface area contributed by atoms with Crippen LogP contribution in [0.1, 0.15) is 17.3 Å². The minimum atomic E-state index is -0.318. The van der Waals surface area contributed by atoms with E-state index in [0.717, 1.165) is 11.4 Å². The maximum atomic E-state index is 12.7. The van der Waals surface area contributed by atoms with Crippen LogP contribution >= 0.6 is 23.4 Å². The molecule has 1 atom stereocenters. The van der Waals surface area contributed by atoms with Gasteiger partial charge in [0.15, 0.2) is 16.8 Å². The number of thioether (sulfide) groups is 1. The SMILES string of the molecule is COCCn1c(SC(C)C(=O)c2ccc(Cl)cc2)nnc1-c1ccncc1. The molecule has 1 aromatic carbocycles. The van der Waals surface area contributed by atoms with Gasteiger partial charge in [0.2, 0.25) is 0 Å². The van der Waals surface area contributed by atoms with Crippen molar-refractivity contribution in [1.29, 1.82) is 0 Å². The van der Waals surface area contributed by atoms with Gasteiger partial charge in [0.05, 0.1) is 18.4 Å². The molecule has 0 aliphatic rings. The molecule has 27 heavy (non-hydrogen) atoms. The molecule has 0 spiro atoms. The van der Waals surface area contributed by atoms with Gasteiger partial charge in [-0.2, -0.15) is 0 Å². The van der Waals surface area contributed by atoms with Crippen molar-refractivity contribution in [2.24, 2.45) is 0 Å². The first-order chi connectivity index (χ1) is 13.1. The summed E-state index contributed by atoms with van der Waals surface area (Å²) in [6.07, 6.45) is 3.42. The lowest BCUT2D eigenvalue weighted by atomic mass is 10.1. The number of aromatic nitrogens is 4. The van der Waals surface area contributed by atoms with E-state index in [-0.39, 0.29) is 11.0 Å². The van der Waals surface area contributed by atoms with Gasteiger partial charge in [-0.15, -0.1) is 10.2 Å². The second kappa shape index (κ2) is 9.12. The Balaban J connectivity index is 1.84. The van der Waals surface area contributed by atoms with Crippen molar-refractivity contribution in [3.8, 4) is 11.4 Å². The molecule has 2 heterocycles. The Kier molecular flexibility index (Phi) is 6.60. The number of benzene rings is 1. The van der Waals surface area contributed by atoms with Crippen molar-refractivity contribution in [3.05, 3.63) is 59.4 Å². The molecule has 0 saturated carbocycles. The van der Waals surface area contributed by atoms with Crippen molar-refractivity contribution >= 4 is 29.1 Å². The second-order valence-corrected chi connectivity index (χ2v) is 7.56. The normalized spacial score (nSPS) is 12.1. The third-order valence-electron chi connectivity index (χ3n) is 3.95. The minimum absolute atomic E-state index is 0.0171. The van der Waals surface area contributed by atoms with E-state index in [1.54, 1.807) is 43.8 Å². The Bertz CT molecular complexity index is 900. The van der Waals surface area contributed by atoms with E-state index < -0.39 is 0 Å². The summed E-state index contributed by atoms with van der Waals surface area (Å²) in [5.41, 5.74) is 1.54. The highest BCUT2D eigenvalue weighted by atomic mass is 35.5. The summed E-state index contributed by atoms with van der Waals surface area (Å²) < 4.78 is 7.18. The lowest BCUT2D eigenvalue weighted by molar-refractivity contribution is 0.0994. The Morgan fingerprint density at radius 1 is 1.19 bits per heavy atom. The van der Waals surface area contributed by atoms with Crippen LogP contribution in [0.2, 0.25) is 5.02 Å². The van der Waals surface area contributed by atoms with E-state index in [0.29, 0.717) is 28.9 Å². The van der Waals surface area contributed by atoms with Crippen molar-refractivity contribution in [3.63, 3.8) is 0 Å². The fourth-order valence-electron chi connectivity index (χ4n) is 2.54. The number of hydrogen-bond donors (Lipinski definition) is 0. The van der Waals surface area contributed by atoms with Gasteiger partial charge in [0, 0.05) is 35.7 Å². The molecular weight excluding hydrogens is 384 g/mol. The number of nitrogens with zero attached hydrogens (tertiary/aromatic N) is 4. The van der Waals surface area contributed by atoms with E-state index >= 15 is 0 Å². The molecule has 3 rings (SSSR count). The third kappa shape index (κ3) is 4.74. The standard InChI is InChI=1S/C19H19ClN4O2S/c1-13(17(25)14-3-5-16(20)6-4-14)27-19-23-22-18(24(19)11-12-26-2)15-7-9-21-10-8-15/h3-10,13H,11-12H2,1-2H3. The van der Waals surface area contributed by atoms with Gasteiger partial charge in [-0.25, -0.2) is 0 Å². The highest BCUT2D eigenvalue weighted by molar-refractivity contribution is 8.00. The van der Waals surface area contributed by atoms with E-state index in [1.165, 1.54) is 11.8 Å². The molecule has 6 nitrogen and oxygen atoms in total. The zero-order chi connectivity index (χ0) is 19.2. The maximum Gasteiger partial charge on any atom is 0.192 e. The van der Waals surface area contributed by atoms with Crippen LogP contribution in [0.15, 0.2) is 53.9 Å². The maximum absolute atomic E-state index is 12.7. The van der Waals surface area contributed by atoms with Gasteiger partial charge in [0.25, 0.3) is 0 Å². The Morgan fingerprint density at radius 2 is 1.89 bits per heavy atom. The van der Waals surface area contributed by atoms with Crippen molar-refractivity contribution in [2.75, 3.05) is 13.7 Å². The number of ether oxygens (including phenoxy) is 1. The van der Waals surface area contributed by atoms with E-state index in [1.807, 2.05) is 23.6 Å². The molecule has 0 aliphatic carbocycles. The monoisotopic (exact) mass is 402 g/mol. The second-order valence-electron chi connectivity index (χ2n) is 5.82. The molecule has 1 unspecified atom stereocenters. The lowest BCUT2D eigenvalue weighted by Crippen LogP contribution is -2.15. The summed E-state index contributed by atoms with van der Waals surface area (Å²) in [7, 11) is 1.65. The average Bonchev–Trinajstić information content (AvgIpc) is 3.09. The largest absolute Gasteiger partial charge is 0.383 e. The third-order valence-corrected chi connectivity index (χ3v) is 5.29. The van der Waals surface area contributed by atoms with Gasteiger partial charge in [0.1, 0.15) is 0 Å². The van der Waals surface area contributed by atoms with E-state index in [9.17, 15) is 4.79 Å². The zero-order valence-electron chi connectivity index (χ0n) is 15.0. The summed E-state index contributed by atoms with van der Waals surface area (Å²) in [5, 5.41) is 9.58. The van der Waals surface area contributed by atoms with Gasteiger partial charge in [-0.1, -0.05) is 23.4 Å². The Morgan fingerprint density at radius 3 is 2.56 bits per heavy atom. The first kappa shape index (κ1) is 19.5. The van der Waals surface area contributed by atoms with Crippen LogP contribution in [0.3, 0.4) is 0 Å². The first-order valence-electron chi connectivity index (χ1n) is 8.39. The number of halogens is 1. The molecule has 0 aliphatic heterocycles. The van der Waals surface area contributed by atoms with Gasteiger partial charge >= 0.3 is 0 Å². The van der Waals surface area contributed by atoms with Gasteiger partial charge in [-0.3, -0.25) is 14.3 Å². The summed E-state index contributed by atoms with van der Waals surface area (Å²) in [5.74, 6) is 0.742. The first-order valence-corrected chi connectivity index (χ1v) is 9.65. The zero-order valence-corrected chi connectivity index (χ0v) is 16.6. The molecule has 0 amide bonds. The number of methoxy groups -OCH3 is 1. The number of hydrogen-bond acceptors (Lipinski definition) is 6. The predicted molar refractivity (Wildman–Crippen MR) is 106 cm³/mol. The Labute approximate surface area is 166 Å². The van der Waals surface area contributed by atoms with Crippen LogP contribution in [0.25, 0.3) is 11.4 Å². The predicted octanol–water partition coefficient (Wildman–Crippen LogP) is 4.00. The fraction of sp³-hybridized carbons (Fsp3) is 0.263. The highest BCUT2D eigenvalue weighted by Crippen LogP contribution is 2.28. The highest BCUT2D eigenvalue weighted by Gasteiger charge is 2.21. The van der Waals surface area contributed by atoms with Crippen LogP contribution in [0, 0.1) is 0 Å². The molecule has 0 N–H and O–H groups in total. The van der Waals surface area contributed by atoms with E-state index in [2.05, 4.69) is 15.2 Å². The van der Waals surface area contributed by atoms with Crippen LogP contribution < -0.4 is 0 Å². The van der Waals surface area contributed by atoms with Crippen LogP contribution in [0.5, 0.6) is 0 Å². The topological polar surface area (TPSA) is 69.9 Å². The van der Waals surface area contributed by atoms with Crippen LogP contribution in [-0.2, 0) is 11.3 Å². The van der Waals surface area contributed by atoms with Gasteiger partial charge in [-0.05, 0) is 43.3 Å².